The molecule has 0 spiro atoms. The normalized spacial score (nSPS) is 18.6. The van der Waals surface area contributed by atoms with Crippen LogP contribution >= 0.6 is 23.2 Å². The number of likely N-dealkylation sites (tertiary alicyclic amines) is 1. The molecule has 0 amide bonds. The molecule has 2 atom stereocenters. The van der Waals surface area contributed by atoms with Crippen molar-refractivity contribution in [2.24, 2.45) is 0 Å². The van der Waals surface area contributed by atoms with Gasteiger partial charge in [0.25, 0.3) is 0 Å². The van der Waals surface area contributed by atoms with Crippen molar-refractivity contribution < 1.29 is 18.3 Å². The van der Waals surface area contributed by atoms with Gasteiger partial charge in [0.2, 0.25) is 0 Å². The van der Waals surface area contributed by atoms with Crippen LogP contribution in [0.1, 0.15) is 48.7 Å². The molecule has 7 nitrogen and oxygen atoms in total. The number of hydrogen-bond acceptors (Lipinski definition) is 5. The molecule has 6 rings (SSSR count). The van der Waals surface area contributed by atoms with Gasteiger partial charge in [-0.25, -0.2) is 18.6 Å². The van der Waals surface area contributed by atoms with Crippen LogP contribution in [0.15, 0.2) is 42.9 Å². The highest BCUT2D eigenvalue weighted by Gasteiger charge is 2.35. The van der Waals surface area contributed by atoms with Gasteiger partial charge in [-0.05, 0) is 56.0 Å². The van der Waals surface area contributed by atoms with Crippen molar-refractivity contribution in [2.45, 2.75) is 50.9 Å². The van der Waals surface area contributed by atoms with Gasteiger partial charge in [-0.2, -0.15) is 5.10 Å². The van der Waals surface area contributed by atoms with Crippen molar-refractivity contribution in [1.29, 1.82) is 0 Å². The number of hydrogen-bond donors (Lipinski definition) is 0. The standard InChI is InChI=1S/C30H31Cl2F2N5O2/c1-2-41-30(40)29(28-25-13-21(34)15-38(25)17-35-28)39-16-23-24(31)14-22(26(32)27(23)36-39)20-5-3-18(4-6-20)19-7-10-37(11-8-19)12-9-33/h3-6,14,16-17,19,21,29H,2,7-13,15H2,1H3/t21-,29?/m1/s1. The second-order valence-electron chi connectivity index (χ2n) is 10.7. The number of piperidine rings is 1. The molecule has 4 heterocycles. The van der Waals surface area contributed by atoms with Crippen molar-refractivity contribution in [3.63, 3.8) is 0 Å². The third-order valence-electron chi connectivity index (χ3n) is 8.21. The molecule has 0 bridgehead atoms. The van der Waals surface area contributed by atoms with E-state index in [4.69, 9.17) is 33.0 Å². The minimum absolute atomic E-state index is 0.171. The minimum Gasteiger partial charge on any atom is -0.464 e. The molecule has 0 aliphatic carbocycles. The summed E-state index contributed by atoms with van der Waals surface area (Å²) >= 11 is 13.7. The third-order valence-corrected chi connectivity index (χ3v) is 8.90. The van der Waals surface area contributed by atoms with Gasteiger partial charge in [0.15, 0.2) is 6.04 Å². The lowest BCUT2D eigenvalue weighted by molar-refractivity contribution is -0.146. The highest BCUT2D eigenvalue weighted by Crippen LogP contribution is 2.40. The van der Waals surface area contributed by atoms with Gasteiger partial charge in [-0.3, -0.25) is 4.68 Å². The highest BCUT2D eigenvalue weighted by molar-refractivity contribution is 6.42. The Kier molecular flexibility index (Phi) is 8.03. The summed E-state index contributed by atoms with van der Waals surface area (Å²) in [5, 5.41) is 6.15. The number of aromatic nitrogens is 4. The summed E-state index contributed by atoms with van der Waals surface area (Å²) < 4.78 is 35.4. The predicted octanol–water partition coefficient (Wildman–Crippen LogP) is 6.40. The maximum absolute atomic E-state index is 14.2. The van der Waals surface area contributed by atoms with Gasteiger partial charge in [-0.1, -0.05) is 47.5 Å². The fraction of sp³-hybridized carbons (Fsp3) is 0.433. The maximum atomic E-state index is 14.2. The Morgan fingerprint density at radius 3 is 2.66 bits per heavy atom. The van der Waals surface area contributed by atoms with E-state index in [1.807, 2.05) is 18.2 Å². The number of carbonyl (C=O) groups is 1. The van der Waals surface area contributed by atoms with Crippen molar-refractivity contribution in [3.05, 3.63) is 69.9 Å². The Hall–Kier alpha value is -3.01. The number of ether oxygens (including phenoxy) is 1. The molecule has 0 saturated carbocycles. The zero-order valence-electron chi connectivity index (χ0n) is 22.7. The SMILES string of the molecule is CCOC(=O)C(c1ncn2c1C[C@@H](F)C2)n1cc2c(Cl)cc(-c3ccc(C4CCN(CCF)CC4)cc3)c(Cl)c2n1. The van der Waals surface area contributed by atoms with Crippen LogP contribution in [0.5, 0.6) is 0 Å². The Bertz CT molecular complexity index is 1560. The van der Waals surface area contributed by atoms with Crippen LogP contribution in [0, 0.1) is 0 Å². The number of carbonyl (C=O) groups excluding carboxylic acids is 1. The summed E-state index contributed by atoms with van der Waals surface area (Å²) in [5.41, 5.74) is 4.40. The van der Waals surface area contributed by atoms with Crippen LogP contribution in [0.25, 0.3) is 22.0 Å². The number of nitrogens with zero attached hydrogens (tertiary/aromatic N) is 5. The van der Waals surface area contributed by atoms with Crippen LogP contribution in [-0.2, 0) is 22.5 Å². The molecule has 4 aromatic rings. The Labute approximate surface area is 247 Å². The van der Waals surface area contributed by atoms with E-state index in [-0.39, 0.29) is 26.2 Å². The van der Waals surface area contributed by atoms with Gasteiger partial charge in [0, 0.05) is 35.8 Å². The maximum Gasteiger partial charge on any atom is 0.337 e. The lowest BCUT2D eigenvalue weighted by Gasteiger charge is -2.31. The second kappa shape index (κ2) is 11.7. The van der Waals surface area contributed by atoms with Gasteiger partial charge in [0.1, 0.15) is 18.4 Å². The van der Waals surface area contributed by atoms with Crippen molar-refractivity contribution in [2.75, 3.05) is 32.9 Å². The molecule has 1 saturated heterocycles. The second-order valence-corrected chi connectivity index (χ2v) is 11.5. The van der Waals surface area contributed by atoms with Crippen LogP contribution < -0.4 is 0 Å². The lowest BCUT2D eigenvalue weighted by atomic mass is 9.88. The molecular formula is C30H31Cl2F2N5O2. The number of rotatable bonds is 8. The molecule has 0 N–H and O–H groups in total. The number of imidazole rings is 1. The number of fused-ring (bicyclic) bond motifs is 2. The Morgan fingerprint density at radius 2 is 1.95 bits per heavy atom. The van der Waals surface area contributed by atoms with Gasteiger partial charge in [0.05, 0.1) is 35.2 Å². The van der Waals surface area contributed by atoms with E-state index in [9.17, 15) is 13.6 Å². The fourth-order valence-corrected chi connectivity index (χ4v) is 6.65. The monoisotopic (exact) mass is 601 g/mol. The molecule has 2 aliphatic heterocycles. The Balaban J connectivity index is 1.32. The molecule has 2 aliphatic rings. The summed E-state index contributed by atoms with van der Waals surface area (Å²) in [6, 6.07) is 9.11. The van der Waals surface area contributed by atoms with Crippen molar-refractivity contribution >= 4 is 40.1 Å². The number of benzene rings is 2. The van der Waals surface area contributed by atoms with E-state index in [2.05, 4.69) is 22.0 Å². The first-order valence-electron chi connectivity index (χ1n) is 14.0. The number of halogens is 4. The molecule has 41 heavy (non-hydrogen) atoms. The van der Waals surface area contributed by atoms with Crippen LogP contribution in [0.3, 0.4) is 0 Å². The fourth-order valence-electron chi connectivity index (χ4n) is 6.10. The van der Waals surface area contributed by atoms with E-state index in [0.717, 1.165) is 37.1 Å². The molecule has 1 unspecified atom stereocenters. The first-order chi connectivity index (χ1) is 19.9. The van der Waals surface area contributed by atoms with E-state index in [1.54, 1.807) is 24.0 Å². The number of esters is 1. The summed E-state index contributed by atoms with van der Waals surface area (Å²) in [4.78, 5) is 19.8. The minimum atomic E-state index is -1.03. The zero-order valence-corrected chi connectivity index (χ0v) is 24.2. The van der Waals surface area contributed by atoms with E-state index < -0.39 is 18.2 Å². The molecule has 216 valence electrons. The smallest absolute Gasteiger partial charge is 0.337 e. The largest absolute Gasteiger partial charge is 0.464 e. The highest BCUT2D eigenvalue weighted by atomic mass is 35.5. The van der Waals surface area contributed by atoms with E-state index >= 15 is 0 Å². The summed E-state index contributed by atoms with van der Waals surface area (Å²) in [6.45, 7) is 4.12. The third kappa shape index (κ3) is 5.35. The summed E-state index contributed by atoms with van der Waals surface area (Å²) in [5.74, 6) is -0.100. The first-order valence-corrected chi connectivity index (χ1v) is 14.7. The Morgan fingerprint density at radius 1 is 1.20 bits per heavy atom. The summed E-state index contributed by atoms with van der Waals surface area (Å²) in [6.07, 6.45) is 4.37. The number of alkyl halides is 2. The topological polar surface area (TPSA) is 65.2 Å². The molecular weight excluding hydrogens is 571 g/mol. The zero-order chi connectivity index (χ0) is 28.7. The molecule has 11 heteroatoms. The van der Waals surface area contributed by atoms with Crippen LogP contribution in [-0.4, -0.2) is 69.3 Å². The molecule has 1 fully saturated rings. The van der Waals surface area contributed by atoms with Gasteiger partial charge < -0.3 is 14.2 Å². The molecule has 0 radical (unpaired) electrons. The van der Waals surface area contributed by atoms with Crippen molar-refractivity contribution in [1.82, 2.24) is 24.2 Å². The molecule has 2 aromatic carbocycles. The average Bonchev–Trinajstić information content (AvgIpc) is 3.67. The van der Waals surface area contributed by atoms with E-state index in [0.29, 0.717) is 44.8 Å². The van der Waals surface area contributed by atoms with E-state index in [1.165, 1.54) is 10.2 Å². The van der Waals surface area contributed by atoms with Crippen molar-refractivity contribution in [3.8, 4) is 11.1 Å². The summed E-state index contributed by atoms with van der Waals surface area (Å²) in [7, 11) is 0. The quantitative estimate of drug-likeness (QED) is 0.219. The predicted molar refractivity (Wildman–Crippen MR) is 155 cm³/mol. The van der Waals surface area contributed by atoms with Gasteiger partial charge >= 0.3 is 5.97 Å². The van der Waals surface area contributed by atoms with Gasteiger partial charge in [-0.15, -0.1) is 0 Å². The van der Waals surface area contributed by atoms with Crippen LogP contribution in [0.4, 0.5) is 8.78 Å². The first kappa shape index (κ1) is 28.1. The lowest BCUT2D eigenvalue weighted by Crippen LogP contribution is -2.34. The molecule has 2 aromatic heterocycles. The van der Waals surface area contributed by atoms with Crippen LogP contribution in [0.2, 0.25) is 10.0 Å². The average molecular weight is 603 g/mol.